The van der Waals surface area contributed by atoms with Gasteiger partial charge in [-0.25, -0.2) is 4.98 Å². The Kier molecular flexibility index (Phi) is 5.93. The molecule has 3 aliphatic heterocycles. The van der Waals surface area contributed by atoms with Crippen molar-refractivity contribution >= 4 is 11.7 Å². The van der Waals surface area contributed by atoms with Gasteiger partial charge in [0.1, 0.15) is 5.82 Å². The lowest BCUT2D eigenvalue weighted by molar-refractivity contribution is -0.133. The van der Waals surface area contributed by atoms with E-state index < -0.39 is 0 Å². The number of pyridine rings is 1. The maximum Gasteiger partial charge on any atom is 0.237 e. The molecule has 31 heavy (non-hydrogen) atoms. The Morgan fingerprint density at radius 1 is 0.968 bits per heavy atom. The molecule has 0 N–H and O–H groups in total. The van der Waals surface area contributed by atoms with E-state index in [1.54, 1.807) is 0 Å². The van der Waals surface area contributed by atoms with Crippen LogP contribution in [0.2, 0.25) is 0 Å². The Labute approximate surface area is 183 Å². The Hall–Kier alpha value is -2.80. The second kappa shape index (κ2) is 9.14. The van der Waals surface area contributed by atoms with Gasteiger partial charge in [-0.15, -0.1) is 0 Å². The number of benzene rings is 1. The Morgan fingerprint density at radius 3 is 2.61 bits per heavy atom. The van der Waals surface area contributed by atoms with E-state index in [0.717, 1.165) is 74.9 Å². The number of piperazine rings is 1. The molecule has 0 unspecified atom stereocenters. The highest BCUT2D eigenvalue weighted by molar-refractivity contribution is 5.79. The van der Waals surface area contributed by atoms with Gasteiger partial charge in [-0.2, -0.15) is 0 Å². The summed E-state index contributed by atoms with van der Waals surface area (Å²) in [5, 5.41) is 0. The van der Waals surface area contributed by atoms with Crippen molar-refractivity contribution in [2.75, 3.05) is 57.4 Å². The van der Waals surface area contributed by atoms with E-state index in [-0.39, 0.29) is 11.9 Å². The van der Waals surface area contributed by atoms with Gasteiger partial charge >= 0.3 is 0 Å². The minimum atomic E-state index is 0.125. The van der Waals surface area contributed by atoms with E-state index >= 15 is 0 Å². The minimum absolute atomic E-state index is 0.125. The SMILES string of the molecule is O=C(CN1CCN(c2ccccn2)CC1)N1CCC[C@H]1c1ccc2c(c1)OCCCO2. The van der Waals surface area contributed by atoms with Crippen LogP contribution in [0.5, 0.6) is 11.5 Å². The number of hydrogen-bond acceptors (Lipinski definition) is 6. The van der Waals surface area contributed by atoms with Crippen LogP contribution < -0.4 is 14.4 Å². The lowest BCUT2D eigenvalue weighted by atomic mass is 10.0. The summed E-state index contributed by atoms with van der Waals surface area (Å²) in [7, 11) is 0. The van der Waals surface area contributed by atoms with Crippen LogP contribution in [-0.2, 0) is 4.79 Å². The van der Waals surface area contributed by atoms with Crippen molar-refractivity contribution in [2.24, 2.45) is 0 Å². The van der Waals surface area contributed by atoms with Crippen LogP contribution in [-0.4, -0.2) is 73.2 Å². The first-order chi connectivity index (χ1) is 15.3. The van der Waals surface area contributed by atoms with Crippen molar-refractivity contribution in [2.45, 2.75) is 25.3 Å². The third-order valence-electron chi connectivity index (χ3n) is 6.43. The summed E-state index contributed by atoms with van der Waals surface area (Å²) in [6, 6.07) is 12.3. The summed E-state index contributed by atoms with van der Waals surface area (Å²) in [4.78, 5) is 24.3. The molecule has 0 bridgehead atoms. The smallest absolute Gasteiger partial charge is 0.237 e. The van der Waals surface area contributed by atoms with Gasteiger partial charge < -0.3 is 19.3 Å². The van der Waals surface area contributed by atoms with Gasteiger partial charge in [0.15, 0.2) is 11.5 Å². The Balaban J connectivity index is 1.20. The van der Waals surface area contributed by atoms with Crippen LogP contribution >= 0.6 is 0 Å². The van der Waals surface area contributed by atoms with E-state index in [9.17, 15) is 4.79 Å². The summed E-state index contributed by atoms with van der Waals surface area (Å²) >= 11 is 0. The molecular formula is C24H30N4O3. The highest BCUT2D eigenvalue weighted by atomic mass is 16.5. The van der Waals surface area contributed by atoms with E-state index in [4.69, 9.17) is 9.47 Å². The molecular weight excluding hydrogens is 392 g/mol. The molecule has 7 nitrogen and oxygen atoms in total. The molecule has 1 aromatic carbocycles. The molecule has 2 saturated heterocycles. The number of likely N-dealkylation sites (tertiary alicyclic amines) is 1. The van der Waals surface area contributed by atoms with E-state index in [2.05, 4.69) is 31.8 Å². The number of carbonyl (C=O) groups is 1. The second-order valence-electron chi connectivity index (χ2n) is 8.45. The fourth-order valence-electron chi connectivity index (χ4n) is 4.76. The maximum atomic E-state index is 13.2. The normalized spacial score (nSPS) is 21.7. The van der Waals surface area contributed by atoms with Crippen LogP contribution in [0.3, 0.4) is 0 Å². The molecule has 0 aliphatic carbocycles. The number of nitrogens with zero attached hydrogens (tertiary/aromatic N) is 4. The number of carbonyl (C=O) groups excluding carboxylic acids is 1. The third kappa shape index (κ3) is 4.46. The molecule has 4 heterocycles. The first-order valence-electron chi connectivity index (χ1n) is 11.4. The fraction of sp³-hybridized carbons (Fsp3) is 0.500. The molecule has 0 spiro atoms. The van der Waals surface area contributed by atoms with Crippen LogP contribution in [0.4, 0.5) is 5.82 Å². The molecule has 164 valence electrons. The lowest BCUT2D eigenvalue weighted by Crippen LogP contribution is -2.50. The van der Waals surface area contributed by atoms with Gasteiger partial charge in [-0.3, -0.25) is 9.69 Å². The summed E-state index contributed by atoms with van der Waals surface area (Å²) in [6.07, 6.45) is 4.77. The van der Waals surface area contributed by atoms with Gasteiger partial charge in [0.2, 0.25) is 5.91 Å². The van der Waals surface area contributed by atoms with Crippen molar-refractivity contribution in [1.29, 1.82) is 0 Å². The quantitative estimate of drug-likeness (QED) is 0.755. The van der Waals surface area contributed by atoms with Crippen LogP contribution in [0.25, 0.3) is 0 Å². The van der Waals surface area contributed by atoms with Crippen LogP contribution in [0, 0.1) is 0 Å². The maximum absolute atomic E-state index is 13.2. The van der Waals surface area contributed by atoms with Crippen molar-refractivity contribution in [3.8, 4) is 11.5 Å². The molecule has 1 amide bonds. The predicted molar refractivity (Wildman–Crippen MR) is 119 cm³/mol. The molecule has 7 heteroatoms. The molecule has 0 saturated carbocycles. The fourth-order valence-corrected chi connectivity index (χ4v) is 4.76. The summed E-state index contributed by atoms with van der Waals surface area (Å²) < 4.78 is 11.6. The Bertz CT molecular complexity index is 899. The van der Waals surface area contributed by atoms with Gasteiger partial charge in [-0.05, 0) is 42.7 Å². The van der Waals surface area contributed by atoms with E-state index in [1.165, 1.54) is 0 Å². The second-order valence-corrected chi connectivity index (χ2v) is 8.45. The zero-order chi connectivity index (χ0) is 21.0. The summed E-state index contributed by atoms with van der Waals surface area (Å²) in [6.45, 7) is 6.23. The van der Waals surface area contributed by atoms with Crippen LogP contribution in [0.15, 0.2) is 42.6 Å². The molecule has 5 rings (SSSR count). The van der Waals surface area contributed by atoms with E-state index in [1.807, 2.05) is 30.5 Å². The highest BCUT2D eigenvalue weighted by Gasteiger charge is 2.32. The van der Waals surface area contributed by atoms with Crippen molar-refractivity contribution in [3.05, 3.63) is 48.2 Å². The lowest BCUT2D eigenvalue weighted by Gasteiger charge is -2.36. The highest BCUT2D eigenvalue weighted by Crippen LogP contribution is 2.38. The molecule has 2 aromatic rings. The number of ether oxygens (including phenoxy) is 2. The van der Waals surface area contributed by atoms with Gasteiger partial charge in [0.25, 0.3) is 0 Å². The molecule has 3 aliphatic rings. The number of anilines is 1. The van der Waals surface area contributed by atoms with Crippen molar-refractivity contribution in [3.63, 3.8) is 0 Å². The minimum Gasteiger partial charge on any atom is -0.490 e. The molecule has 2 fully saturated rings. The third-order valence-corrected chi connectivity index (χ3v) is 6.43. The standard InChI is InChI=1S/C24H30N4O3/c29-24(18-26-11-13-27(14-12-26)23-6-1-2-9-25-23)28-10-3-5-20(28)19-7-8-21-22(17-19)31-16-4-15-30-21/h1-2,6-9,17,20H,3-5,10-16,18H2/t20-/m0/s1. The molecule has 0 radical (unpaired) electrons. The average molecular weight is 423 g/mol. The zero-order valence-electron chi connectivity index (χ0n) is 17.9. The number of rotatable bonds is 4. The zero-order valence-corrected chi connectivity index (χ0v) is 17.9. The Morgan fingerprint density at radius 2 is 1.81 bits per heavy atom. The molecule has 1 atom stereocenters. The number of amides is 1. The van der Waals surface area contributed by atoms with Gasteiger partial charge in [0.05, 0.1) is 25.8 Å². The summed E-state index contributed by atoms with van der Waals surface area (Å²) in [5.41, 5.74) is 1.15. The molecule has 1 aromatic heterocycles. The van der Waals surface area contributed by atoms with Crippen molar-refractivity contribution < 1.29 is 14.3 Å². The first kappa shape index (κ1) is 20.1. The summed E-state index contributed by atoms with van der Waals surface area (Å²) in [5.74, 6) is 2.85. The van der Waals surface area contributed by atoms with Crippen LogP contribution in [0.1, 0.15) is 30.9 Å². The van der Waals surface area contributed by atoms with E-state index in [0.29, 0.717) is 19.8 Å². The number of hydrogen-bond donors (Lipinski definition) is 0. The number of aromatic nitrogens is 1. The van der Waals surface area contributed by atoms with Gasteiger partial charge in [0, 0.05) is 45.3 Å². The van der Waals surface area contributed by atoms with Gasteiger partial charge in [-0.1, -0.05) is 12.1 Å². The average Bonchev–Trinajstić information content (AvgIpc) is 3.19. The number of fused-ring (bicyclic) bond motifs is 1. The topological polar surface area (TPSA) is 58.1 Å². The van der Waals surface area contributed by atoms with Crippen molar-refractivity contribution in [1.82, 2.24) is 14.8 Å². The first-order valence-corrected chi connectivity index (χ1v) is 11.4. The predicted octanol–water partition coefficient (Wildman–Crippen LogP) is 2.73. The largest absolute Gasteiger partial charge is 0.490 e. The monoisotopic (exact) mass is 422 g/mol.